The van der Waals surface area contributed by atoms with E-state index in [1.165, 1.54) is 0 Å². The van der Waals surface area contributed by atoms with Crippen molar-refractivity contribution in [2.45, 2.75) is 0 Å². The second-order valence-electron chi connectivity index (χ2n) is 0.429. The van der Waals surface area contributed by atoms with Crippen LogP contribution in [0.25, 0.3) is 0 Å². The van der Waals surface area contributed by atoms with Gasteiger partial charge in [-0.25, -0.2) is 0 Å². The van der Waals surface area contributed by atoms with Crippen molar-refractivity contribution in [2.24, 2.45) is 0 Å². The van der Waals surface area contributed by atoms with Crippen LogP contribution in [0.5, 0.6) is 0 Å². The summed E-state index contributed by atoms with van der Waals surface area (Å²) in [7, 11) is 0. The fourth-order valence-electron chi connectivity index (χ4n) is 0. The van der Waals surface area contributed by atoms with Crippen molar-refractivity contribution in [1.29, 1.82) is 0 Å². The van der Waals surface area contributed by atoms with Gasteiger partial charge >= 0.3 is 32.1 Å². The fourth-order valence-corrected chi connectivity index (χ4v) is 0. The van der Waals surface area contributed by atoms with E-state index in [0.717, 1.165) is 0 Å². The van der Waals surface area contributed by atoms with Crippen LogP contribution in [-0.4, -0.2) is 29.1 Å². The summed E-state index contributed by atoms with van der Waals surface area (Å²) in [5.41, 5.74) is 0. The quantitative estimate of drug-likeness (QED) is 0.408. The van der Waals surface area contributed by atoms with E-state index in [-0.39, 0.29) is 8.41 Å². The molecule has 0 aliphatic rings. The maximum absolute atomic E-state index is 9.90. The molecule has 0 fully saturated rings. The van der Waals surface area contributed by atoms with Gasteiger partial charge < -0.3 is 0 Å². The molecule has 0 aromatic heterocycles. The minimum absolute atomic E-state index is 0. The summed E-state index contributed by atoms with van der Waals surface area (Å²) in [6.07, 6.45) is 0. The molecule has 0 aliphatic heterocycles. The van der Waals surface area contributed by atoms with Gasteiger partial charge in [0.15, 0.2) is 0 Å². The number of rotatable bonds is 0. The van der Waals surface area contributed by atoms with Crippen LogP contribution < -0.4 is 0 Å². The predicted octanol–water partition coefficient (Wildman–Crippen LogP) is 0.919. The molecule has 0 amide bonds. The maximum atomic E-state index is 9.90. The monoisotopic (exact) mass is 207 g/mol. The summed E-state index contributed by atoms with van der Waals surface area (Å²) in [4.78, 5) is 0. The number of hydrogen-bond donors (Lipinski definition) is 0. The van der Waals surface area contributed by atoms with E-state index in [1.54, 1.807) is 0 Å². The van der Waals surface area contributed by atoms with Crippen LogP contribution in [0.15, 0.2) is 0 Å². The van der Waals surface area contributed by atoms with Crippen molar-refractivity contribution < 1.29 is 11.5 Å². The molecular weight excluding hydrogens is 206 g/mol. The molecule has 0 heterocycles. The van der Waals surface area contributed by atoms with Crippen LogP contribution >= 0.6 is 0 Å². The molecule has 0 unspecified atom stereocenters. The molecule has 6 heteroatoms. The molecule has 0 bridgehead atoms. The van der Waals surface area contributed by atoms with E-state index >= 15 is 0 Å². The molecule has 0 atom stereocenters. The van der Waals surface area contributed by atoms with Crippen molar-refractivity contribution in [2.75, 3.05) is 0 Å². The summed E-state index contributed by atoms with van der Waals surface area (Å²) in [5.74, 6) is 0. The molecule has 0 nitrogen and oxygen atoms in total. The van der Waals surface area contributed by atoms with E-state index in [4.69, 9.17) is 0 Å². The number of hydrogen-bond acceptors (Lipinski definition) is 0. The van der Waals surface area contributed by atoms with Gasteiger partial charge in [0, 0.05) is 8.41 Å². The summed E-state index contributed by atoms with van der Waals surface area (Å²) in [5, 5.41) is 0. The SMILES string of the molecule is [B].[F][Sn]([F])([F])[F]. The number of halogens is 4. The van der Waals surface area contributed by atoms with Gasteiger partial charge in [-0.15, -0.1) is 0 Å². The first-order valence-electron chi connectivity index (χ1n) is 0.756. The second-order valence-corrected chi connectivity index (χ2v) is 2.87. The van der Waals surface area contributed by atoms with Gasteiger partial charge in [-0.2, -0.15) is 0 Å². The third kappa shape index (κ3) is 173. The second kappa shape index (κ2) is 2.71. The molecular formula is BF4Sn. The first-order chi connectivity index (χ1) is 2.00. The van der Waals surface area contributed by atoms with Gasteiger partial charge in [0.1, 0.15) is 0 Å². The molecule has 0 N–H and O–H groups in total. The Morgan fingerprint density at radius 1 is 0.833 bits per heavy atom. The topological polar surface area (TPSA) is 0 Å². The van der Waals surface area contributed by atoms with Crippen LogP contribution in [0.4, 0.5) is 11.5 Å². The van der Waals surface area contributed by atoms with Crippen molar-refractivity contribution >= 4 is 29.1 Å². The standard InChI is InChI=1S/B.4FH.Sn/h;4*1H;/q;;;;;+4/p-4. The van der Waals surface area contributed by atoms with E-state index < -0.39 is 20.7 Å². The van der Waals surface area contributed by atoms with Crippen LogP contribution in [0.2, 0.25) is 0 Å². The normalized spacial score (nSPS) is 10.0. The zero-order valence-electron chi connectivity index (χ0n) is 2.59. The Kier molecular flexibility index (Phi) is 4.41. The van der Waals surface area contributed by atoms with Crippen LogP contribution in [-0.2, 0) is 0 Å². The van der Waals surface area contributed by atoms with Gasteiger partial charge in [0.25, 0.3) is 0 Å². The average molecular weight is 206 g/mol. The first kappa shape index (κ1) is 9.77. The zero-order chi connectivity index (χ0) is 4.50. The van der Waals surface area contributed by atoms with Crippen LogP contribution in [0.1, 0.15) is 0 Å². The molecule has 0 aliphatic carbocycles. The molecule has 0 rings (SSSR count). The Hall–Kier alpha value is 0.584. The van der Waals surface area contributed by atoms with Gasteiger partial charge in [-0.05, 0) is 0 Å². The molecule has 0 saturated heterocycles. The van der Waals surface area contributed by atoms with Crippen LogP contribution in [0.3, 0.4) is 0 Å². The summed E-state index contributed by atoms with van der Waals surface area (Å²) in [6.45, 7) is 0. The summed E-state index contributed by atoms with van der Waals surface area (Å²) in [6, 6.07) is 0. The Bertz CT molecular complexity index is 23.0. The Balaban J connectivity index is 0. The van der Waals surface area contributed by atoms with Crippen molar-refractivity contribution in [3.05, 3.63) is 0 Å². The van der Waals surface area contributed by atoms with Crippen molar-refractivity contribution in [3.63, 3.8) is 0 Å². The van der Waals surface area contributed by atoms with Crippen LogP contribution in [0, 0.1) is 0 Å². The van der Waals surface area contributed by atoms with Gasteiger partial charge in [0.05, 0.1) is 0 Å². The Morgan fingerprint density at radius 2 is 0.833 bits per heavy atom. The third-order valence-electron chi connectivity index (χ3n) is 0. The molecule has 6 heavy (non-hydrogen) atoms. The van der Waals surface area contributed by atoms with Crippen molar-refractivity contribution in [1.82, 2.24) is 0 Å². The molecule has 0 aromatic carbocycles. The minimum atomic E-state index is -7.18. The summed E-state index contributed by atoms with van der Waals surface area (Å²) < 4.78 is 39.6. The first-order valence-corrected chi connectivity index (χ1v) is 5.07. The molecule has 0 spiro atoms. The fraction of sp³-hybridized carbons (Fsp3) is 0. The molecule has 35 valence electrons. The summed E-state index contributed by atoms with van der Waals surface area (Å²) >= 11 is -7.18. The van der Waals surface area contributed by atoms with E-state index in [0.29, 0.717) is 0 Å². The van der Waals surface area contributed by atoms with Gasteiger partial charge in [0.2, 0.25) is 0 Å². The van der Waals surface area contributed by atoms with Gasteiger partial charge in [-0.3, -0.25) is 0 Å². The van der Waals surface area contributed by atoms with E-state index in [1.807, 2.05) is 0 Å². The van der Waals surface area contributed by atoms with Gasteiger partial charge in [-0.1, -0.05) is 0 Å². The third-order valence-corrected chi connectivity index (χ3v) is 0. The Labute approximate surface area is 41.1 Å². The predicted molar refractivity (Wildman–Crippen MR) is 15.9 cm³/mol. The molecule has 3 radical (unpaired) electrons. The average Bonchev–Trinajstić information content (AvgIpc) is 0.722. The van der Waals surface area contributed by atoms with Crippen molar-refractivity contribution in [3.8, 4) is 0 Å². The Morgan fingerprint density at radius 3 is 0.833 bits per heavy atom. The molecule has 0 saturated carbocycles. The zero-order valence-corrected chi connectivity index (χ0v) is 5.44. The van der Waals surface area contributed by atoms with E-state index in [2.05, 4.69) is 0 Å². The molecule has 0 aromatic rings. The van der Waals surface area contributed by atoms with E-state index in [9.17, 15) is 11.5 Å².